The van der Waals surface area contributed by atoms with E-state index in [1.165, 1.54) is 10.9 Å². The molecule has 37 heavy (non-hydrogen) atoms. The summed E-state index contributed by atoms with van der Waals surface area (Å²) < 4.78 is 34.8. The molecule has 2 aliphatic rings. The summed E-state index contributed by atoms with van der Waals surface area (Å²) in [6, 6.07) is -0.931. The number of aliphatic imine (C=N–C) groups is 1. The fourth-order valence-corrected chi connectivity index (χ4v) is 4.86. The molecule has 0 bridgehead atoms. The third-order valence-electron chi connectivity index (χ3n) is 5.52. The average Bonchev–Trinajstić information content (AvgIpc) is 3.48. The standard InChI is InChI=1S/C17H26N9O10P/c18-15(19)25-17(30)22-10-2-7(8(3-27)34-10)36-37(31,32)33-4-9-6(28)1-11(35-9)26-5-21-12-13(26)23-16(20)24-14(12)29/h5-11,27-28H,1-4H2,(H,31,32)(H3,20,23,24,29)(H5,18,19,22,25,30)/p-1/t6-,7-,8+,9+,10+,11+/m0/s1. The monoisotopic (exact) mass is 546 g/mol. The molecule has 0 aliphatic carbocycles. The van der Waals surface area contributed by atoms with Crippen molar-refractivity contribution in [3.05, 3.63) is 16.7 Å². The van der Waals surface area contributed by atoms with Crippen LogP contribution in [0.3, 0.4) is 0 Å². The average molecular weight is 546 g/mol. The zero-order valence-electron chi connectivity index (χ0n) is 19.0. The number of nitrogens with one attached hydrogen (secondary N) is 2. The molecule has 0 saturated carbocycles. The highest BCUT2D eigenvalue weighted by molar-refractivity contribution is 7.45. The number of nitrogen functional groups attached to an aromatic ring is 1. The van der Waals surface area contributed by atoms with E-state index in [0.29, 0.717) is 0 Å². The number of anilines is 1. The molecule has 0 aromatic carbocycles. The van der Waals surface area contributed by atoms with Crippen LogP contribution in [0, 0.1) is 0 Å². The second kappa shape index (κ2) is 10.7. The van der Waals surface area contributed by atoms with Crippen LogP contribution in [0.2, 0.25) is 0 Å². The van der Waals surface area contributed by atoms with E-state index in [2.05, 4.69) is 25.3 Å². The van der Waals surface area contributed by atoms with Crippen molar-refractivity contribution in [3.63, 3.8) is 0 Å². The van der Waals surface area contributed by atoms with Gasteiger partial charge in [-0.05, 0) is 0 Å². The normalized spacial score (nSPS) is 29.3. The summed E-state index contributed by atoms with van der Waals surface area (Å²) in [5, 5.41) is 22.1. The smallest absolute Gasteiger partial charge is 0.346 e. The van der Waals surface area contributed by atoms with Crippen LogP contribution in [0.15, 0.2) is 16.1 Å². The van der Waals surface area contributed by atoms with Gasteiger partial charge >= 0.3 is 6.03 Å². The van der Waals surface area contributed by atoms with Crippen LogP contribution in [0.25, 0.3) is 11.2 Å². The Labute approximate surface area is 207 Å². The minimum absolute atomic E-state index is 0.00876. The van der Waals surface area contributed by atoms with Crippen molar-refractivity contribution in [2.24, 2.45) is 16.5 Å². The number of phosphoric acid groups is 1. The summed E-state index contributed by atoms with van der Waals surface area (Å²) in [7, 11) is -4.99. The number of aliphatic hydroxyl groups is 2. The maximum Gasteiger partial charge on any atom is 0.346 e. The van der Waals surface area contributed by atoms with E-state index >= 15 is 0 Å². The lowest BCUT2D eigenvalue weighted by Gasteiger charge is -2.29. The number of hydrogen-bond acceptors (Lipinski definition) is 13. The van der Waals surface area contributed by atoms with E-state index in [1.54, 1.807) is 0 Å². The molecule has 4 heterocycles. The number of carbonyl (C=O) groups excluding carboxylic acids is 1. The first kappa shape index (κ1) is 26.9. The minimum Gasteiger partial charge on any atom is -0.756 e. The van der Waals surface area contributed by atoms with E-state index in [9.17, 15) is 29.3 Å². The number of H-pyrrole nitrogens is 1. The number of nitrogens with zero attached hydrogens (tertiary/aromatic N) is 4. The second-order valence-corrected chi connectivity index (χ2v) is 9.53. The summed E-state index contributed by atoms with van der Waals surface area (Å²) >= 11 is 0. The number of carbonyl (C=O) groups is 1. The topological polar surface area (TPSA) is 301 Å². The van der Waals surface area contributed by atoms with Crippen molar-refractivity contribution in [1.82, 2.24) is 24.8 Å². The van der Waals surface area contributed by atoms with Crippen LogP contribution in [0.4, 0.5) is 10.7 Å². The number of aromatic nitrogens is 4. The Balaban J connectivity index is 1.34. The summed E-state index contributed by atoms with van der Waals surface area (Å²) in [4.78, 5) is 49.6. The second-order valence-electron chi connectivity index (χ2n) is 8.16. The van der Waals surface area contributed by atoms with Crippen molar-refractivity contribution in [2.75, 3.05) is 18.9 Å². The number of urea groups is 1. The van der Waals surface area contributed by atoms with Crippen LogP contribution in [-0.2, 0) is 23.1 Å². The predicted octanol–water partition coefficient (Wildman–Crippen LogP) is -3.69. The number of aromatic amines is 1. The molecular formula is C17H25N9O10P-. The Morgan fingerprint density at radius 2 is 2.14 bits per heavy atom. The summed E-state index contributed by atoms with van der Waals surface area (Å²) in [6.07, 6.45) is -5.30. The van der Waals surface area contributed by atoms with Gasteiger partial charge in [0.25, 0.3) is 13.4 Å². The van der Waals surface area contributed by atoms with Crippen LogP contribution < -0.4 is 33.0 Å². The molecule has 2 amide bonds. The third kappa shape index (κ3) is 6.22. The van der Waals surface area contributed by atoms with E-state index in [4.69, 9.17) is 35.7 Å². The summed E-state index contributed by atoms with van der Waals surface area (Å²) in [6.45, 7) is -1.23. The van der Waals surface area contributed by atoms with Crippen LogP contribution in [0.1, 0.15) is 19.1 Å². The first-order valence-electron chi connectivity index (χ1n) is 10.8. The molecule has 0 spiro atoms. The van der Waals surface area contributed by atoms with Gasteiger partial charge in [0.15, 0.2) is 17.1 Å². The van der Waals surface area contributed by atoms with Gasteiger partial charge in [0.1, 0.15) is 24.7 Å². The maximum absolute atomic E-state index is 12.4. The van der Waals surface area contributed by atoms with Crippen molar-refractivity contribution in [2.45, 2.75) is 49.7 Å². The number of rotatable bonds is 8. The number of hydrogen-bond donors (Lipinski definition) is 7. The van der Waals surface area contributed by atoms with Crippen LogP contribution in [-0.4, -0.2) is 85.6 Å². The Morgan fingerprint density at radius 1 is 1.38 bits per heavy atom. The molecular weight excluding hydrogens is 521 g/mol. The largest absolute Gasteiger partial charge is 0.756 e. The highest BCUT2D eigenvalue weighted by Gasteiger charge is 2.40. The number of phosphoric ester groups is 1. The Kier molecular flexibility index (Phi) is 7.76. The quantitative estimate of drug-likeness (QED) is 0.0952. The van der Waals surface area contributed by atoms with Crippen molar-refractivity contribution < 1.29 is 43.0 Å². The van der Waals surface area contributed by atoms with Gasteiger partial charge in [-0.3, -0.25) is 18.9 Å². The molecule has 4 rings (SSSR count). The molecule has 2 aromatic heterocycles. The molecule has 2 aliphatic heterocycles. The molecule has 2 aromatic rings. The molecule has 204 valence electrons. The van der Waals surface area contributed by atoms with E-state index in [0.717, 1.165) is 0 Å². The summed E-state index contributed by atoms with van der Waals surface area (Å²) in [5.74, 6) is -0.634. The van der Waals surface area contributed by atoms with E-state index in [1.807, 2.05) is 0 Å². The van der Waals surface area contributed by atoms with Crippen molar-refractivity contribution >= 4 is 36.9 Å². The lowest BCUT2D eigenvalue weighted by atomic mass is 10.2. The Bertz CT molecular complexity index is 1280. The highest BCUT2D eigenvalue weighted by Crippen LogP contribution is 2.44. The molecule has 7 atom stereocenters. The van der Waals surface area contributed by atoms with Crippen molar-refractivity contribution in [3.8, 4) is 0 Å². The van der Waals surface area contributed by atoms with Gasteiger partial charge in [-0.25, -0.2) is 9.78 Å². The van der Waals surface area contributed by atoms with Gasteiger partial charge in [-0.15, -0.1) is 0 Å². The Hall–Kier alpha value is -3.16. The van der Waals surface area contributed by atoms with E-state index in [-0.39, 0.29) is 30.0 Å². The van der Waals surface area contributed by atoms with Gasteiger partial charge in [0, 0.05) is 12.8 Å². The van der Waals surface area contributed by atoms with E-state index < -0.39 is 75.5 Å². The zero-order valence-corrected chi connectivity index (χ0v) is 19.9. The molecule has 10 N–H and O–H groups in total. The SMILES string of the molecule is NC(N)=NC(=O)N[C@H]1C[C@H](OP(=O)([O-])OC[C@H]2O[C@@H](n3cnc4c(=O)[nH]c(N)nc43)C[C@@H]2O)[C@@H](CO)O1. The first-order chi connectivity index (χ1) is 17.5. The molecule has 2 saturated heterocycles. The fourth-order valence-electron chi connectivity index (χ4n) is 3.92. The third-order valence-corrected chi connectivity index (χ3v) is 6.52. The molecule has 2 fully saturated rings. The maximum atomic E-state index is 12.4. The number of amides is 2. The molecule has 1 unspecified atom stereocenters. The number of guanidine groups is 1. The number of nitrogens with two attached hydrogens (primary N) is 3. The van der Waals surface area contributed by atoms with Gasteiger partial charge in [-0.1, -0.05) is 0 Å². The van der Waals surface area contributed by atoms with Gasteiger partial charge < -0.3 is 56.1 Å². The minimum atomic E-state index is -4.99. The lowest BCUT2D eigenvalue weighted by molar-refractivity contribution is -0.234. The van der Waals surface area contributed by atoms with Gasteiger partial charge in [-0.2, -0.15) is 9.98 Å². The van der Waals surface area contributed by atoms with Crippen LogP contribution in [0.5, 0.6) is 0 Å². The van der Waals surface area contributed by atoms with Gasteiger partial charge in [0.2, 0.25) is 5.95 Å². The number of aliphatic hydroxyl groups excluding tert-OH is 2. The predicted molar refractivity (Wildman–Crippen MR) is 120 cm³/mol. The molecule has 19 nitrogen and oxygen atoms in total. The van der Waals surface area contributed by atoms with Crippen LogP contribution >= 0.6 is 7.82 Å². The number of fused-ring (bicyclic) bond motifs is 1. The molecule has 0 radical (unpaired) electrons. The first-order valence-corrected chi connectivity index (χ1v) is 12.3. The molecule has 20 heteroatoms. The van der Waals surface area contributed by atoms with Gasteiger partial charge in [0.05, 0.1) is 31.7 Å². The number of ether oxygens (including phenoxy) is 2. The van der Waals surface area contributed by atoms with Crippen molar-refractivity contribution in [1.29, 1.82) is 0 Å². The lowest BCUT2D eigenvalue weighted by Crippen LogP contribution is -2.35. The Morgan fingerprint density at radius 3 is 2.84 bits per heavy atom. The summed E-state index contributed by atoms with van der Waals surface area (Å²) in [5.41, 5.74) is 15.4. The highest BCUT2D eigenvalue weighted by atomic mass is 31.2. The fraction of sp³-hybridized carbons (Fsp3) is 0.588. The zero-order chi connectivity index (χ0) is 26.9. The number of imidazole rings is 1.